The largest absolute Gasteiger partial charge is 0.490 e. The van der Waals surface area contributed by atoms with Crippen LogP contribution in [0.15, 0.2) is 65.8 Å². The number of urea groups is 1. The zero-order chi connectivity index (χ0) is 37.5. The summed E-state index contributed by atoms with van der Waals surface area (Å²) in [5, 5.41) is 53.1. The number of nitrogens with one attached hydrogen (secondary N) is 1. The van der Waals surface area contributed by atoms with Crippen LogP contribution in [0.2, 0.25) is 5.02 Å². The number of pyridine rings is 1. The van der Waals surface area contributed by atoms with E-state index in [1.54, 1.807) is 22.9 Å². The lowest BCUT2D eigenvalue weighted by atomic mass is 9.96. The molecule has 0 spiro atoms. The molecule has 1 saturated heterocycles. The number of hydrogen-bond acceptors (Lipinski definition) is 11. The van der Waals surface area contributed by atoms with E-state index < -0.39 is 42.5 Å². The van der Waals surface area contributed by atoms with E-state index in [0.29, 0.717) is 36.9 Å². The normalized spacial score (nSPS) is 18.6. The highest BCUT2D eigenvalue weighted by Gasteiger charge is 2.48. The third kappa shape index (κ3) is 9.80. The second-order valence-corrected chi connectivity index (χ2v) is 15.3. The Morgan fingerprint density at radius 3 is 2.58 bits per heavy atom. The van der Waals surface area contributed by atoms with Crippen LogP contribution in [0, 0.1) is 0 Å². The van der Waals surface area contributed by atoms with Gasteiger partial charge in [0, 0.05) is 66.2 Å². The van der Waals surface area contributed by atoms with Crippen molar-refractivity contribution in [3.8, 4) is 16.9 Å². The van der Waals surface area contributed by atoms with Crippen LogP contribution in [-0.2, 0) is 21.7 Å². The smallest absolute Gasteiger partial charge is 0.317 e. The van der Waals surface area contributed by atoms with Crippen molar-refractivity contribution < 1.29 is 44.6 Å². The number of aromatic nitrogens is 1. The van der Waals surface area contributed by atoms with Gasteiger partial charge in [-0.2, -0.15) is 0 Å². The van der Waals surface area contributed by atoms with Crippen LogP contribution in [0.25, 0.3) is 11.1 Å². The van der Waals surface area contributed by atoms with Crippen LogP contribution < -0.4 is 10.1 Å². The van der Waals surface area contributed by atoms with E-state index in [-0.39, 0.29) is 31.8 Å². The van der Waals surface area contributed by atoms with Gasteiger partial charge in [0.1, 0.15) is 24.1 Å². The Hall–Kier alpha value is -3.47. The number of ether oxygens (including phenoxy) is 2. The van der Waals surface area contributed by atoms with Gasteiger partial charge in [0.25, 0.3) is 5.91 Å². The van der Waals surface area contributed by atoms with Crippen molar-refractivity contribution in [3.05, 3.63) is 77.1 Å². The quantitative estimate of drug-likeness (QED) is 0.0734. The van der Waals surface area contributed by atoms with Gasteiger partial charge in [-0.1, -0.05) is 29.8 Å². The Labute approximate surface area is 317 Å². The predicted octanol–water partition coefficient (Wildman–Crippen LogP) is 2.92. The molecule has 3 fully saturated rings. The van der Waals surface area contributed by atoms with Crippen LogP contribution in [-0.4, -0.2) is 128 Å². The number of rotatable bonds is 20. The molecule has 1 aromatic heterocycles. The van der Waals surface area contributed by atoms with E-state index in [9.17, 15) is 30.0 Å². The van der Waals surface area contributed by atoms with Crippen molar-refractivity contribution >= 4 is 35.3 Å². The molecule has 3 aromatic rings. The summed E-state index contributed by atoms with van der Waals surface area (Å²) < 4.78 is 12.9. The summed E-state index contributed by atoms with van der Waals surface area (Å²) in [7, 11) is 0. The second-order valence-electron chi connectivity index (χ2n) is 13.7. The topological polar surface area (TPSA) is 185 Å². The summed E-state index contributed by atoms with van der Waals surface area (Å²) in [5.74, 6) is 0.594. The van der Waals surface area contributed by atoms with Crippen LogP contribution in [0.1, 0.15) is 43.2 Å². The summed E-state index contributed by atoms with van der Waals surface area (Å²) >= 11 is 8.21. The molecule has 15 heteroatoms. The summed E-state index contributed by atoms with van der Waals surface area (Å²) in [5.41, 5.74) is 3.44. The van der Waals surface area contributed by atoms with Crippen LogP contribution in [0.5, 0.6) is 5.75 Å². The molecule has 0 unspecified atom stereocenters. The summed E-state index contributed by atoms with van der Waals surface area (Å²) in [6, 6.07) is 15.6. The van der Waals surface area contributed by atoms with Gasteiger partial charge < -0.3 is 50.1 Å². The van der Waals surface area contributed by atoms with E-state index in [2.05, 4.69) is 16.4 Å². The number of hydrogen-bond donors (Lipinski definition) is 6. The van der Waals surface area contributed by atoms with E-state index in [4.69, 9.17) is 26.2 Å². The number of benzene rings is 2. The third-order valence-corrected chi connectivity index (χ3v) is 11.2. The molecule has 3 amide bonds. The molecule has 2 aliphatic carbocycles. The van der Waals surface area contributed by atoms with E-state index >= 15 is 0 Å². The van der Waals surface area contributed by atoms with Gasteiger partial charge in [0.15, 0.2) is 6.10 Å². The molecule has 6 rings (SSSR count). The van der Waals surface area contributed by atoms with Crippen molar-refractivity contribution in [2.24, 2.45) is 0 Å². The summed E-state index contributed by atoms with van der Waals surface area (Å²) in [4.78, 5) is 33.6. The van der Waals surface area contributed by atoms with Crippen molar-refractivity contribution in [1.29, 1.82) is 0 Å². The lowest BCUT2D eigenvalue weighted by Crippen LogP contribution is -2.53. The highest BCUT2D eigenvalue weighted by molar-refractivity contribution is 7.99. The van der Waals surface area contributed by atoms with Gasteiger partial charge in [-0.3, -0.25) is 9.78 Å². The molecule has 2 saturated carbocycles. The molecule has 286 valence electrons. The number of halogens is 1. The number of aliphatic hydroxyl groups excluding tert-OH is 5. The molecular weight excluding hydrogens is 724 g/mol. The summed E-state index contributed by atoms with van der Waals surface area (Å²) in [6.07, 6.45) is 0.554. The van der Waals surface area contributed by atoms with Crippen molar-refractivity contribution in [3.63, 3.8) is 0 Å². The van der Waals surface area contributed by atoms with E-state index in [0.717, 1.165) is 58.6 Å². The minimum Gasteiger partial charge on any atom is -0.490 e. The standard InChI is InChI=1S/C38H47ClN4O9S/c39-30-9-8-26(53-19-3-15-42(17-18-43-16-14-41-37(43)50)36(49)35(48)34(47)33(46)31(45)22-44)20-24(30)23-51-38(11-12-38)29-21-40-13-10-27(29)28-4-1-2-5-32(28)52-25-6-7-25/h1-2,4-5,8-10,13,20-21,25,31,33-35,44-48H,3,6-7,11-12,14-19,22-23H2,(H,41,50)/t31-,33+,34-,35-/m0/s1. The number of carbonyl (C=O) groups excluding carboxylic acids is 2. The molecule has 3 aliphatic rings. The fraction of sp³-hybridized carbons (Fsp3) is 0.500. The Balaban J connectivity index is 1.07. The average Bonchev–Trinajstić information content (AvgIpc) is 4.12. The Morgan fingerprint density at radius 1 is 1.08 bits per heavy atom. The molecule has 53 heavy (non-hydrogen) atoms. The molecule has 2 heterocycles. The van der Waals surface area contributed by atoms with Crippen LogP contribution in [0.4, 0.5) is 4.79 Å². The lowest BCUT2D eigenvalue weighted by molar-refractivity contribution is -0.158. The molecule has 13 nitrogen and oxygen atoms in total. The van der Waals surface area contributed by atoms with Gasteiger partial charge in [0.05, 0.1) is 24.9 Å². The highest BCUT2D eigenvalue weighted by Crippen LogP contribution is 2.53. The second kappa shape index (κ2) is 17.8. The Morgan fingerprint density at radius 2 is 1.87 bits per heavy atom. The maximum Gasteiger partial charge on any atom is 0.317 e. The lowest BCUT2D eigenvalue weighted by Gasteiger charge is -2.31. The van der Waals surface area contributed by atoms with Crippen molar-refractivity contribution in [2.45, 2.75) is 79.7 Å². The number of carbonyl (C=O) groups is 2. The molecule has 4 atom stereocenters. The first-order valence-electron chi connectivity index (χ1n) is 18.0. The minimum atomic E-state index is -2.05. The van der Waals surface area contributed by atoms with Crippen LogP contribution >= 0.6 is 23.4 Å². The zero-order valence-corrected chi connectivity index (χ0v) is 30.9. The molecule has 6 N–H and O–H groups in total. The number of para-hydroxylation sites is 1. The van der Waals surface area contributed by atoms with Gasteiger partial charge in [-0.05, 0) is 79.3 Å². The molecule has 1 aliphatic heterocycles. The monoisotopic (exact) mass is 770 g/mol. The van der Waals surface area contributed by atoms with Gasteiger partial charge in [-0.15, -0.1) is 11.8 Å². The fourth-order valence-corrected chi connectivity index (χ4v) is 7.39. The van der Waals surface area contributed by atoms with Gasteiger partial charge in [0.2, 0.25) is 0 Å². The maximum absolute atomic E-state index is 13.3. The Kier molecular flexibility index (Phi) is 13.2. The van der Waals surface area contributed by atoms with E-state index in [1.807, 2.05) is 48.7 Å². The minimum absolute atomic E-state index is 0.0846. The predicted molar refractivity (Wildman–Crippen MR) is 198 cm³/mol. The number of nitrogens with zero attached hydrogens (tertiary/aromatic N) is 3. The van der Waals surface area contributed by atoms with E-state index in [1.165, 1.54) is 4.90 Å². The third-order valence-electron chi connectivity index (χ3n) is 9.78. The average molecular weight is 771 g/mol. The molecule has 0 radical (unpaired) electrons. The first kappa shape index (κ1) is 39.2. The fourth-order valence-electron chi connectivity index (χ4n) is 6.32. The SMILES string of the molecule is O=C1NCCN1CCN(CCCSc1ccc(Cl)c(COC2(c3cnccc3-c3ccccc3OC3CC3)CC2)c1)C(=O)[C@@H](O)[C@@H](O)[C@H](O)[C@@H](O)CO. The maximum atomic E-state index is 13.3. The highest BCUT2D eigenvalue weighted by atomic mass is 35.5. The number of aliphatic hydroxyl groups is 5. The number of amides is 3. The Bertz CT molecular complexity index is 1730. The first-order chi connectivity index (χ1) is 25.6. The molecular formula is C38H47ClN4O9S. The van der Waals surface area contributed by atoms with Crippen LogP contribution in [0.3, 0.4) is 0 Å². The first-order valence-corrected chi connectivity index (χ1v) is 19.4. The van der Waals surface area contributed by atoms with Gasteiger partial charge in [-0.25, -0.2) is 4.79 Å². The van der Waals surface area contributed by atoms with Gasteiger partial charge >= 0.3 is 6.03 Å². The molecule has 2 aromatic carbocycles. The van der Waals surface area contributed by atoms with Crippen molar-refractivity contribution in [1.82, 2.24) is 20.1 Å². The summed E-state index contributed by atoms with van der Waals surface area (Å²) in [6.45, 7) is 0.878. The molecule has 0 bridgehead atoms. The van der Waals surface area contributed by atoms with Crippen molar-refractivity contribution in [2.75, 3.05) is 45.1 Å². The number of thioether (sulfide) groups is 1. The zero-order valence-electron chi connectivity index (χ0n) is 29.3.